The number of urea groups is 1. The van der Waals surface area contributed by atoms with Crippen LogP contribution in [0.2, 0.25) is 0 Å². The highest BCUT2D eigenvalue weighted by molar-refractivity contribution is 6.12. The number of imide groups is 1. The summed E-state index contributed by atoms with van der Waals surface area (Å²) in [7, 11) is 3.13. The molecule has 1 aliphatic rings. The van der Waals surface area contributed by atoms with Crippen LogP contribution in [0, 0.1) is 5.92 Å². The predicted octanol–water partition coefficient (Wildman–Crippen LogP) is 2.62. The first-order valence-corrected chi connectivity index (χ1v) is 18.7. The van der Waals surface area contributed by atoms with Crippen molar-refractivity contribution in [2.45, 2.75) is 97.4 Å². The summed E-state index contributed by atoms with van der Waals surface area (Å²) in [4.78, 5) is 103. The first-order valence-electron chi connectivity index (χ1n) is 18.7. The van der Waals surface area contributed by atoms with Gasteiger partial charge in [0.25, 0.3) is 11.8 Å². The minimum absolute atomic E-state index is 0.0501. The molecule has 2 atom stereocenters. The van der Waals surface area contributed by atoms with E-state index in [0.717, 1.165) is 4.90 Å². The summed E-state index contributed by atoms with van der Waals surface area (Å²) < 4.78 is 10.7. The van der Waals surface area contributed by atoms with Crippen molar-refractivity contribution < 1.29 is 47.8 Å². The maximum atomic E-state index is 13.4. The van der Waals surface area contributed by atoms with E-state index in [1.807, 2.05) is 0 Å². The van der Waals surface area contributed by atoms with Gasteiger partial charge in [-0.05, 0) is 70.1 Å². The highest BCUT2D eigenvalue weighted by atomic mass is 16.6. The second-order valence-corrected chi connectivity index (χ2v) is 14.8. The Kier molecular flexibility index (Phi) is 18.8. The van der Waals surface area contributed by atoms with Gasteiger partial charge in [0, 0.05) is 64.5 Å². The molecule has 18 heteroatoms. The largest absolute Gasteiger partial charge is 0.445 e. The number of nitrogens with zero attached hydrogens (tertiary/aromatic N) is 3. The molecule has 1 aromatic carbocycles. The fourth-order valence-corrected chi connectivity index (χ4v) is 5.20. The third-order valence-corrected chi connectivity index (χ3v) is 8.42. The quantitative estimate of drug-likeness (QED) is 0.0902. The molecule has 0 aliphatic carbocycles. The molecule has 9 amide bonds. The van der Waals surface area contributed by atoms with Crippen LogP contribution < -0.4 is 27.0 Å². The van der Waals surface area contributed by atoms with Gasteiger partial charge in [-0.2, -0.15) is 0 Å². The molecule has 0 saturated heterocycles. The number of carbonyl (C=O) groups is 8. The van der Waals surface area contributed by atoms with Gasteiger partial charge < -0.3 is 46.3 Å². The number of carbonyl (C=O) groups excluding carboxylic acids is 8. The fraction of sp³-hybridized carbons (Fsp3) is 0.579. The topological polar surface area (TPSA) is 239 Å². The Hall–Kier alpha value is -5.68. The first-order chi connectivity index (χ1) is 26.3. The van der Waals surface area contributed by atoms with Crippen molar-refractivity contribution in [2.75, 3.05) is 45.6 Å². The zero-order valence-electron chi connectivity index (χ0n) is 33.5. The molecule has 1 unspecified atom stereocenters. The van der Waals surface area contributed by atoms with E-state index in [1.54, 1.807) is 73.0 Å². The first kappa shape index (κ1) is 46.5. The minimum atomic E-state index is -1.04. The van der Waals surface area contributed by atoms with Gasteiger partial charge in [0.1, 0.15) is 24.3 Å². The lowest BCUT2D eigenvalue weighted by Crippen LogP contribution is -2.54. The normalized spacial score (nSPS) is 13.5. The SMILES string of the molecule is CC(C)C(NC(=O)CCCCCN1C(=O)C=CC1=O)C(=O)N[C@H](CCCNC(N)=O)C(=O)Nc1ccc(COC(=O)N(C)CCN(C)C(=O)OC(C)(C)C)cc1. The van der Waals surface area contributed by atoms with E-state index in [4.69, 9.17) is 15.2 Å². The van der Waals surface area contributed by atoms with Crippen molar-refractivity contribution in [2.24, 2.45) is 11.7 Å². The van der Waals surface area contributed by atoms with E-state index in [-0.39, 0.29) is 69.3 Å². The third-order valence-electron chi connectivity index (χ3n) is 8.42. The van der Waals surface area contributed by atoms with Gasteiger partial charge in [0.2, 0.25) is 17.7 Å². The molecule has 0 radical (unpaired) electrons. The highest BCUT2D eigenvalue weighted by Crippen LogP contribution is 2.14. The van der Waals surface area contributed by atoms with Crippen LogP contribution in [0.4, 0.5) is 20.1 Å². The molecule has 2 rings (SSSR count). The zero-order valence-corrected chi connectivity index (χ0v) is 33.5. The monoisotopic (exact) mass is 786 g/mol. The number of benzene rings is 1. The molecule has 0 saturated carbocycles. The summed E-state index contributed by atoms with van der Waals surface area (Å²) in [5.74, 6) is -2.48. The summed E-state index contributed by atoms with van der Waals surface area (Å²) in [5, 5.41) is 10.7. The van der Waals surface area contributed by atoms with Crippen molar-refractivity contribution in [1.82, 2.24) is 30.7 Å². The number of rotatable bonds is 21. The number of ether oxygens (including phenoxy) is 2. The van der Waals surface area contributed by atoms with Gasteiger partial charge in [0.15, 0.2) is 0 Å². The van der Waals surface area contributed by atoms with Gasteiger partial charge in [-0.3, -0.25) is 28.9 Å². The average Bonchev–Trinajstić information content (AvgIpc) is 3.44. The van der Waals surface area contributed by atoms with Crippen molar-refractivity contribution in [1.29, 1.82) is 0 Å². The molecular weight excluding hydrogens is 728 g/mol. The van der Waals surface area contributed by atoms with E-state index < -0.39 is 47.7 Å². The van der Waals surface area contributed by atoms with Crippen LogP contribution in [0.3, 0.4) is 0 Å². The summed E-state index contributed by atoms with van der Waals surface area (Å²) in [6, 6.07) is 3.85. The van der Waals surface area contributed by atoms with Crippen LogP contribution in [0.1, 0.15) is 78.7 Å². The Morgan fingerprint density at radius 2 is 1.43 bits per heavy atom. The molecule has 310 valence electrons. The Morgan fingerprint density at radius 3 is 2.00 bits per heavy atom. The lowest BCUT2D eigenvalue weighted by Gasteiger charge is -2.26. The maximum absolute atomic E-state index is 13.4. The fourth-order valence-electron chi connectivity index (χ4n) is 5.20. The second kappa shape index (κ2) is 22.6. The van der Waals surface area contributed by atoms with Crippen LogP contribution in [0.25, 0.3) is 0 Å². The third kappa shape index (κ3) is 17.2. The van der Waals surface area contributed by atoms with Crippen LogP contribution >= 0.6 is 0 Å². The van der Waals surface area contributed by atoms with Crippen molar-refractivity contribution in [3.8, 4) is 0 Å². The smallest absolute Gasteiger partial charge is 0.410 e. The van der Waals surface area contributed by atoms with E-state index in [9.17, 15) is 38.4 Å². The molecule has 0 fully saturated rings. The van der Waals surface area contributed by atoms with Gasteiger partial charge in [-0.1, -0.05) is 32.4 Å². The summed E-state index contributed by atoms with van der Waals surface area (Å²) in [6.07, 6.45) is 3.52. The Bertz CT molecular complexity index is 1560. The van der Waals surface area contributed by atoms with Crippen molar-refractivity contribution in [3.05, 3.63) is 42.0 Å². The van der Waals surface area contributed by atoms with Crippen molar-refractivity contribution in [3.63, 3.8) is 0 Å². The van der Waals surface area contributed by atoms with E-state index in [0.29, 0.717) is 36.9 Å². The molecule has 56 heavy (non-hydrogen) atoms. The molecule has 1 aliphatic heterocycles. The number of primary amides is 1. The number of anilines is 1. The average molecular weight is 787 g/mol. The van der Waals surface area contributed by atoms with Crippen LogP contribution in [0.15, 0.2) is 36.4 Å². The molecular formula is C38H58N8O10. The number of amides is 9. The second-order valence-electron chi connectivity index (χ2n) is 14.8. The van der Waals surface area contributed by atoms with E-state index in [2.05, 4.69) is 21.3 Å². The summed E-state index contributed by atoms with van der Waals surface area (Å²) in [5.41, 5.74) is 5.57. The molecule has 1 heterocycles. The van der Waals surface area contributed by atoms with E-state index >= 15 is 0 Å². The van der Waals surface area contributed by atoms with E-state index in [1.165, 1.54) is 22.0 Å². The lowest BCUT2D eigenvalue weighted by molar-refractivity contribution is -0.137. The van der Waals surface area contributed by atoms with Gasteiger partial charge in [0.05, 0.1) is 0 Å². The standard InChI is InChI=1S/C38H58N8O10/c1-25(2)32(43-29(47)13-9-8-10-21-46-30(48)18-19-31(46)49)34(51)42-28(12-11-20-40-35(39)52)33(50)41-27-16-14-26(15-17-27)24-55-36(53)44(6)22-23-45(7)37(54)56-38(3,4)5/h14-19,25,28,32H,8-13,20-24H2,1-7H3,(H,41,50)(H,42,51)(H,43,47)(H3,39,40,52)/t28-,32?/m1/s1. The molecule has 0 spiro atoms. The van der Waals surface area contributed by atoms with Crippen LogP contribution in [-0.2, 0) is 40.1 Å². The lowest BCUT2D eigenvalue weighted by atomic mass is 10.0. The number of nitrogens with one attached hydrogen (secondary N) is 4. The summed E-state index contributed by atoms with van der Waals surface area (Å²) in [6.45, 7) is 9.65. The maximum Gasteiger partial charge on any atom is 0.410 e. The van der Waals surface area contributed by atoms with Gasteiger partial charge >= 0.3 is 18.2 Å². The molecule has 6 N–H and O–H groups in total. The number of hydrogen-bond donors (Lipinski definition) is 5. The molecule has 18 nitrogen and oxygen atoms in total. The molecule has 1 aromatic rings. The Morgan fingerprint density at radius 1 is 0.821 bits per heavy atom. The Balaban J connectivity index is 1.92. The van der Waals surface area contributed by atoms with Crippen molar-refractivity contribution >= 4 is 53.4 Å². The molecule has 0 aromatic heterocycles. The van der Waals surface area contributed by atoms with Gasteiger partial charge in [-0.25, -0.2) is 14.4 Å². The van der Waals surface area contributed by atoms with Crippen LogP contribution in [-0.4, -0.2) is 120 Å². The number of likely N-dealkylation sites (N-methyl/N-ethyl adjacent to an activating group) is 2. The summed E-state index contributed by atoms with van der Waals surface area (Å²) >= 11 is 0. The van der Waals surface area contributed by atoms with Crippen LogP contribution in [0.5, 0.6) is 0 Å². The van der Waals surface area contributed by atoms with Gasteiger partial charge in [-0.15, -0.1) is 0 Å². The zero-order chi connectivity index (χ0) is 42.0. The molecule has 0 bridgehead atoms. The predicted molar refractivity (Wildman–Crippen MR) is 207 cm³/mol. The number of nitrogens with two attached hydrogens (primary N) is 1. The highest BCUT2D eigenvalue weighted by Gasteiger charge is 2.29. The number of hydrogen-bond acceptors (Lipinski definition) is 10. The minimum Gasteiger partial charge on any atom is -0.445 e. The Labute approximate surface area is 328 Å². The number of unbranched alkanes of at least 4 members (excludes halogenated alkanes) is 2.